The molecule has 10 nitrogen and oxygen atoms in total. The van der Waals surface area contributed by atoms with Crippen LogP contribution in [0.2, 0.25) is 0 Å². The number of rotatable bonds is 7. The van der Waals surface area contributed by atoms with Crippen LogP contribution in [-0.4, -0.2) is 50.6 Å². The van der Waals surface area contributed by atoms with E-state index < -0.39 is 0 Å². The summed E-state index contributed by atoms with van der Waals surface area (Å²) >= 11 is 1.54. The molecular weight excluding hydrogens is 430 g/mol. The third kappa shape index (κ3) is 5.37. The first-order chi connectivity index (χ1) is 15.4. The molecule has 2 aliphatic rings. The van der Waals surface area contributed by atoms with E-state index >= 15 is 0 Å². The van der Waals surface area contributed by atoms with Gasteiger partial charge in [-0.15, -0.1) is 0 Å². The summed E-state index contributed by atoms with van der Waals surface area (Å²) in [5.74, 6) is 0.863. The zero-order chi connectivity index (χ0) is 22.7. The van der Waals surface area contributed by atoms with Gasteiger partial charge in [-0.3, -0.25) is 4.79 Å². The Morgan fingerprint density at radius 2 is 2.22 bits per heavy atom. The van der Waals surface area contributed by atoms with Crippen molar-refractivity contribution in [3.8, 4) is 0 Å². The average molecular weight is 462 g/mol. The number of amides is 2. The number of aromatic nitrogens is 3. The topological polar surface area (TPSA) is 122 Å². The standard InChI is InChI=1S/C21H31N7O3S/c1-4-12(3)22-21(30)31-15-7-6-13(8-15)16-10-17(26-25-16)24-18(29)9-14-11-28-20(23-14)32-19(5-2)27-28/h11-13,15-16,25H,4-10H2,1-3H3,(H,22,30)(H,24,26,29)/t12-,13-,15+,16?/m0/s1. The van der Waals surface area contributed by atoms with Gasteiger partial charge in [0.2, 0.25) is 10.9 Å². The van der Waals surface area contributed by atoms with Crippen molar-refractivity contribution in [3.63, 3.8) is 0 Å². The second kappa shape index (κ2) is 9.85. The number of alkyl carbamates (subject to hydrolysis) is 1. The summed E-state index contributed by atoms with van der Waals surface area (Å²) in [6, 6.07) is 0.255. The number of nitrogens with one attached hydrogen (secondary N) is 3. The van der Waals surface area contributed by atoms with Crippen LogP contribution in [0.5, 0.6) is 0 Å². The minimum atomic E-state index is -0.339. The van der Waals surface area contributed by atoms with Gasteiger partial charge in [0.05, 0.1) is 24.4 Å². The van der Waals surface area contributed by atoms with Crippen molar-refractivity contribution in [1.29, 1.82) is 0 Å². The molecule has 4 atom stereocenters. The van der Waals surface area contributed by atoms with Crippen LogP contribution in [0, 0.1) is 5.92 Å². The largest absolute Gasteiger partial charge is 0.446 e. The predicted molar refractivity (Wildman–Crippen MR) is 122 cm³/mol. The van der Waals surface area contributed by atoms with Gasteiger partial charge in [-0.05, 0) is 44.9 Å². The molecule has 1 fully saturated rings. The van der Waals surface area contributed by atoms with E-state index in [4.69, 9.17) is 4.74 Å². The molecule has 1 saturated carbocycles. The van der Waals surface area contributed by atoms with Crippen LogP contribution in [0.15, 0.2) is 11.3 Å². The van der Waals surface area contributed by atoms with Crippen LogP contribution >= 0.6 is 11.3 Å². The van der Waals surface area contributed by atoms with E-state index in [0.717, 1.165) is 42.1 Å². The third-order valence-electron chi connectivity index (χ3n) is 6.09. The lowest BCUT2D eigenvalue weighted by molar-refractivity contribution is -0.119. The highest BCUT2D eigenvalue weighted by Crippen LogP contribution is 2.32. The molecule has 0 aromatic carbocycles. The Bertz CT molecular complexity index is 969. The zero-order valence-electron chi connectivity index (χ0n) is 18.8. The molecule has 0 bridgehead atoms. The monoisotopic (exact) mass is 461 g/mol. The van der Waals surface area contributed by atoms with Crippen molar-refractivity contribution in [1.82, 2.24) is 30.7 Å². The summed E-state index contributed by atoms with van der Waals surface area (Å²) in [4.78, 5) is 29.7. The van der Waals surface area contributed by atoms with Gasteiger partial charge in [0.15, 0.2) is 0 Å². The smallest absolute Gasteiger partial charge is 0.407 e. The minimum Gasteiger partial charge on any atom is -0.446 e. The minimum absolute atomic E-state index is 0.0684. The Balaban J connectivity index is 1.20. The molecular formula is C21H31N7O3S. The Kier molecular flexibility index (Phi) is 6.92. The van der Waals surface area contributed by atoms with Crippen LogP contribution in [0.4, 0.5) is 4.79 Å². The molecule has 1 aliphatic heterocycles. The molecule has 3 N–H and O–H groups in total. The number of hydrogen-bond donors (Lipinski definition) is 3. The van der Waals surface area contributed by atoms with Gasteiger partial charge >= 0.3 is 6.09 Å². The molecule has 4 rings (SSSR count). The van der Waals surface area contributed by atoms with E-state index in [1.165, 1.54) is 0 Å². The molecule has 0 radical (unpaired) electrons. The van der Waals surface area contributed by atoms with Gasteiger partial charge in [0.1, 0.15) is 16.9 Å². The quantitative estimate of drug-likeness (QED) is 0.582. The van der Waals surface area contributed by atoms with Gasteiger partial charge in [0, 0.05) is 12.5 Å². The first-order valence-corrected chi connectivity index (χ1v) is 12.2. The maximum atomic E-state index is 12.5. The summed E-state index contributed by atoms with van der Waals surface area (Å²) in [6.45, 7) is 6.04. The lowest BCUT2D eigenvalue weighted by Crippen LogP contribution is -2.35. The van der Waals surface area contributed by atoms with Crippen molar-refractivity contribution in [3.05, 3.63) is 16.9 Å². The maximum Gasteiger partial charge on any atom is 0.407 e. The molecule has 0 spiro atoms. The first kappa shape index (κ1) is 22.5. The van der Waals surface area contributed by atoms with E-state index in [1.54, 1.807) is 22.0 Å². The second-order valence-corrected chi connectivity index (χ2v) is 9.63. The second-order valence-electron chi connectivity index (χ2n) is 8.59. The molecule has 0 saturated heterocycles. The number of fused-ring (bicyclic) bond motifs is 1. The van der Waals surface area contributed by atoms with E-state index in [9.17, 15) is 9.59 Å². The van der Waals surface area contributed by atoms with E-state index in [0.29, 0.717) is 23.9 Å². The molecule has 174 valence electrons. The van der Waals surface area contributed by atoms with Crippen LogP contribution in [0.3, 0.4) is 0 Å². The van der Waals surface area contributed by atoms with Gasteiger partial charge in [-0.1, -0.05) is 25.2 Å². The molecule has 2 aromatic heterocycles. The normalized spacial score (nSPS) is 23.6. The van der Waals surface area contributed by atoms with Crippen molar-refractivity contribution < 1.29 is 14.3 Å². The number of nitrogens with zero attached hydrogens (tertiary/aromatic N) is 4. The summed E-state index contributed by atoms with van der Waals surface area (Å²) in [5.41, 5.74) is 3.85. The van der Waals surface area contributed by atoms with Gasteiger partial charge in [-0.25, -0.2) is 14.3 Å². The van der Waals surface area contributed by atoms with Crippen molar-refractivity contribution in [2.75, 3.05) is 0 Å². The summed E-state index contributed by atoms with van der Waals surface area (Å²) in [6.07, 6.45) is 6.60. The van der Waals surface area contributed by atoms with Crippen LogP contribution in [0.25, 0.3) is 4.96 Å². The number of carbonyl (C=O) groups is 2. The molecule has 2 aromatic rings. The van der Waals surface area contributed by atoms with Gasteiger partial charge in [-0.2, -0.15) is 10.2 Å². The molecule has 11 heteroatoms. The summed E-state index contributed by atoms with van der Waals surface area (Å²) in [5, 5.41) is 15.5. The Morgan fingerprint density at radius 3 is 2.97 bits per heavy atom. The maximum absolute atomic E-state index is 12.5. The van der Waals surface area contributed by atoms with Crippen LogP contribution in [0.1, 0.15) is 63.6 Å². The van der Waals surface area contributed by atoms with E-state index in [1.807, 2.05) is 13.8 Å². The van der Waals surface area contributed by atoms with Crippen LogP contribution in [-0.2, 0) is 22.4 Å². The number of ether oxygens (including phenoxy) is 1. The summed E-state index contributed by atoms with van der Waals surface area (Å²) < 4.78 is 7.30. The molecule has 3 heterocycles. The third-order valence-corrected chi connectivity index (χ3v) is 7.15. The number of aryl methyl sites for hydroxylation is 1. The lowest BCUT2D eigenvalue weighted by Gasteiger charge is -2.19. The number of hydrazone groups is 1. The fourth-order valence-corrected chi connectivity index (χ4v) is 4.96. The van der Waals surface area contributed by atoms with Gasteiger partial charge < -0.3 is 20.8 Å². The average Bonchev–Trinajstić information content (AvgIpc) is 3.51. The Hall–Kier alpha value is -2.69. The number of hydrogen-bond acceptors (Lipinski definition) is 8. The van der Waals surface area contributed by atoms with Crippen molar-refractivity contribution in [2.24, 2.45) is 11.0 Å². The highest BCUT2D eigenvalue weighted by molar-refractivity contribution is 7.16. The number of carbonyl (C=O) groups excluding carboxylic acids is 2. The predicted octanol–water partition coefficient (Wildman–Crippen LogP) is 2.38. The van der Waals surface area contributed by atoms with Crippen LogP contribution < -0.4 is 16.1 Å². The van der Waals surface area contributed by atoms with E-state index in [-0.39, 0.29) is 36.6 Å². The van der Waals surface area contributed by atoms with E-state index in [2.05, 4.69) is 38.2 Å². The number of imidazole rings is 1. The highest BCUT2D eigenvalue weighted by atomic mass is 32.1. The molecule has 32 heavy (non-hydrogen) atoms. The zero-order valence-corrected chi connectivity index (χ0v) is 19.6. The lowest BCUT2D eigenvalue weighted by atomic mass is 9.96. The molecule has 2 amide bonds. The Morgan fingerprint density at radius 1 is 1.38 bits per heavy atom. The number of amidine groups is 1. The van der Waals surface area contributed by atoms with Gasteiger partial charge in [0.25, 0.3) is 0 Å². The summed E-state index contributed by atoms with van der Waals surface area (Å²) in [7, 11) is 0. The molecule has 1 unspecified atom stereocenters. The highest BCUT2D eigenvalue weighted by Gasteiger charge is 2.35. The first-order valence-electron chi connectivity index (χ1n) is 11.4. The molecule has 1 aliphatic carbocycles. The SMILES string of the molecule is CCc1nn2cc(CC(=O)NC3=NNC([C@H]4CC[C@@H](OC(=O)N[C@@H](C)CC)C4)C3)nc2s1. The van der Waals surface area contributed by atoms with Crippen molar-refractivity contribution in [2.45, 2.75) is 83.9 Å². The van der Waals surface area contributed by atoms with Crippen molar-refractivity contribution >= 4 is 34.1 Å². The Labute approximate surface area is 191 Å². The fourth-order valence-electron chi connectivity index (χ4n) is 4.13. The fraction of sp³-hybridized carbons (Fsp3) is 0.667.